The molecule has 0 saturated carbocycles. The van der Waals surface area contributed by atoms with Gasteiger partial charge in [0.15, 0.2) is 0 Å². The van der Waals surface area contributed by atoms with Crippen LogP contribution in [0.1, 0.15) is 80.8 Å². The average molecular weight is 579 g/mol. The molecule has 0 unspecified atom stereocenters. The lowest BCUT2D eigenvalue weighted by atomic mass is 9.58. The normalized spacial score (nSPS) is 22.5. The number of benzene rings is 2. The van der Waals surface area contributed by atoms with Crippen molar-refractivity contribution in [3.8, 4) is 12.3 Å². The molecular formula is C37H42N2O4. The van der Waals surface area contributed by atoms with E-state index in [-0.39, 0.29) is 28.2 Å². The van der Waals surface area contributed by atoms with Crippen molar-refractivity contribution in [2.45, 2.75) is 64.7 Å². The van der Waals surface area contributed by atoms with E-state index in [9.17, 15) is 19.5 Å². The zero-order valence-corrected chi connectivity index (χ0v) is 25.6. The molecular weight excluding hydrogens is 536 g/mol. The highest BCUT2D eigenvalue weighted by Crippen LogP contribution is 2.55. The number of terminal acetylenes is 1. The zero-order chi connectivity index (χ0) is 30.8. The fourth-order valence-electron chi connectivity index (χ4n) is 7.68. The third kappa shape index (κ3) is 5.66. The van der Waals surface area contributed by atoms with Gasteiger partial charge in [-0.25, -0.2) is 4.79 Å². The molecule has 2 heterocycles. The highest BCUT2D eigenvalue weighted by atomic mass is 16.4. The van der Waals surface area contributed by atoms with Gasteiger partial charge in [-0.2, -0.15) is 0 Å². The number of nitrogens with zero attached hydrogens (tertiary/aromatic N) is 2. The molecule has 0 radical (unpaired) electrons. The molecule has 1 fully saturated rings. The van der Waals surface area contributed by atoms with Gasteiger partial charge >= 0.3 is 5.97 Å². The number of hydrogen-bond acceptors (Lipinski definition) is 3. The van der Waals surface area contributed by atoms with Crippen LogP contribution in [0.3, 0.4) is 0 Å². The van der Waals surface area contributed by atoms with Crippen LogP contribution in [0.4, 0.5) is 0 Å². The summed E-state index contributed by atoms with van der Waals surface area (Å²) in [5, 5.41) is 9.33. The first kappa shape index (κ1) is 30.4. The van der Waals surface area contributed by atoms with Crippen molar-refractivity contribution in [1.29, 1.82) is 0 Å². The summed E-state index contributed by atoms with van der Waals surface area (Å²) in [4.78, 5) is 42.8. The first-order valence-electron chi connectivity index (χ1n) is 15.3. The number of carbonyl (C=O) groups excluding carboxylic acids is 2. The summed E-state index contributed by atoms with van der Waals surface area (Å²) in [6, 6.07) is 17.2. The molecule has 0 aromatic heterocycles. The fourth-order valence-corrected chi connectivity index (χ4v) is 7.68. The Balaban J connectivity index is 1.38. The van der Waals surface area contributed by atoms with Crippen molar-refractivity contribution in [1.82, 2.24) is 9.80 Å². The van der Waals surface area contributed by atoms with Gasteiger partial charge in [-0.1, -0.05) is 81.0 Å². The van der Waals surface area contributed by atoms with Crippen molar-refractivity contribution in [2.24, 2.45) is 10.8 Å². The lowest BCUT2D eigenvalue weighted by Gasteiger charge is -2.52. The summed E-state index contributed by atoms with van der Waals surface area (Å²) in [5.41, 5.74) is 3.69. The molecule has 2 amide bonds. The van der Waals surface area contributed by atoms with Crippen LogP contribution in [0, 0.1) is 23.2 Å². The number of hydrogen-bond donors (Lipinski definition) is 1. The minimum atomic E-state index is -0.929. The first-order chi connectivity index (χ1) is 20.5. The van der Waals surface area contributed by atoms with E-state index in [1.165, 1.54) is 11.1 Å². The number of carboxylic acid groups (broad SMARTS) is 1. The number of fused-ring (bicyclic) bond motifs is 1. The van der Waals surface area contributed by atoms with Crippen molar-refractivity contribution < 1.29 is 19.5 Å². The number of carbonyl (C=O) groups is 3. The number of rotatable bonds is 7. The maximum atomic E-state index is 14.6. The summed E-state index contributed by atoms with van der Waals surface area (Å²) in [6.07, 6.45) is 13.6. The molecule has 5 rings (SSSR count). The van der Waals surface area contributed by atoms with Gasteiger partial charge in [-0.15, -0.1) is 12.3 Å². The minimum Gasteiger partial charge on any atom is -0.478 e. The molecule has 2 aromatic rings. The van der Waals surface area contributed by atoms with Crippen LogP contribution < -0.4 is 0 Å². The molecule has 0 spiro atoms. The summed E-state index contributed by atoms with van der Waals surface area (Å²) >= 11 is 0. The van der Waals surface area contributed by atoms with Crippen LogP contribution >= 0.6 is 0 Å². The molecule has 1 aliphatic carbocycles. The molecule has 1 atom stereocenters. The largest absolute Gasteiger partial charge is 0.478 e. The Bertz CT molecular complexity index is 1490. The van der Waals surface area contributed by atoms with Gasteiger partial charge in [0, 0.05) is 49.9 Å². The zero-order valence-electron chi connectivity index (χ0n) is 25.6. The number of amides is 2. The van der Waals surface area contributed by atoms with Crippen LogP contribution in [0.25, 0.3) is 5.57 Å². The van der Waals surface area contributed by atoms with E-state index >= 15 is 0 Å². The van der Waals surface area contributed by atoms with Gasteiger partial charge in [0.2, 0.25) is 11.8 Å². The van der Waals surface area contributed by atoms with Gasteiger partial charge < -0.3 is 14.9 Å². The standard InChI is InChI=1S/C37H42N2O4/c1-5-6-8-13-32(40)38-24-21-37(22-25-38,29-11-9-7-10-12-29)34(43)39-23-19-31-35(2,3)30(18-20-36(31,4)26-39)27-14-16-28(17-15-27)33(41)42/h1,7,9-12,14-19H,6,8,13,20-26H2,2-4H3,(H,41,42)/t36-/m1/s1. The Hall–Kier alpha value is -4.11. The summed E-state index contributed by atoms with van der Waals surface area (Å²) in [7, 11) is 0. The van der Waals surface area contributed by atoms with Crippen LogP contribution in [-0.4, -0.2) is 58.9 Å². The van der Waals surface area contributed by atoms with E-state index < -0.39 is 11.4 Å². The van der Waals surface area contributed by atoms with E-state index in [4.69, 9.17) is 6.42 Å². The second-order valence-corrected chi connectivity index (χ2v) is 13.1. The van der Waals surface area contributed by atoms with Gasteiger partial charge in [0.05, 0.1) is 11.0 Å². The Morgan fingerprint density at radius 2 is 1.60 bits per heavy atom. The molecule has 1 saturated heterocycles. The van der Waals surface area contributed by atoms with Crippen LogP contribution in [0.5, 0.6) is 0 Å². The number of aromatic carboxylic acids is 1. The molecule has 6 nitrogen and oxygen atoms in total. The third-order valence-electron chi connectivity index (χ3n) is 9.96. The molecule has 3 aliphatic rings. The number of unbranched alkanes of at least 4 members (excludes halogenated alkanes) is 1. The van der Waals surface area contributed by atoms with Crippen molar-refractivity contribution >= 4 is 23.4 Å². The molecule has 6 heteroatoms. The number of carboxylic acids is 1. The van der Waals surface area contributed by atoms with Gasteiger partial charge in [-0.3, -0.25) is 9.59 Å². The highest BCUT2D eigenvalue weighted by molar-refractivity contribution is 5.90. The second-order valence-electron chi connectivity index (χ2n) is 13.1. The molecule has 2 aromatic carbocycles. The monoisotopic (exact) mass is 578 g/mol. The highest BCUT2D eigenvalue weighted by Gasteiger charge is 2.50. The molecule has 224 valence electrons. The van der Waals surface area contributed by atoms with Gasteiger partial charge in [0.25, 0.3) is 0 Å². The number of allylic oxidation sites excluding steroid dienone is 2. The molecule has 1 N–H and O–H groups in total. The summed E-state index contributed by atoms with van der Waals surface area (Å²) in [6.45, 7) is 9.00. The van der Waals surface area contributed by atoms with E-state index in [2.05, 4.69) is 51.0 Å². The van der Waals surface area contributed by atoms with Crippen molar-refractivity contribution in [3.63, 3.8) is 0 Å². The lowest BCUT2D eigenvalue weighted by Crippen LogP contribution is -2.57. The van der Waals surface area contributed by atoms with Crippen LogP contribution in [0.15, 0.2) is 72.3 Å². The first-order valence-corrected chi connectivity index (χ1v) is 15.3. The quantitative estimate of drug-likeness (QED) is 0.236. The van der Waals surface area contributed by atoms with E-state index in [1.807, 2.05) is 40.1 Å². The molecule has 0 bridgehead atoms. The van der Waals surface area contributed by atoms with E-state index in [0.717, 1.165) is 17.5 Å². The lowest BCUT2D eigenvalue weighted by molar-refractivity contribution is -0.144. The average Bonchev–Trinajstić information content (AvgIpc) is 3.01. The van der Waals surface area contributed by atoms with E-state index in [1.54, 1.807) is 12.1 Å². The summed E-state index contributed by atoms with van der Waals surface area (Å²) < 4.78 is 0. The summed E-state index contributed by atoms with van der Waals surface area (Å²) in [5.74, 6) is 1.94. The van der Waals surface area contributed by atoms with E-state index in [0.29, 0.717) is 58.3 Å². The minimum absolute atomic E-state index is 0.118. The maximum Gasteiger partial charge on any atom is 0.335 e. The Labute approximate surface area is 255 Å². The molecule has 2 aliphatic heterocycles. The SMILES string of the molecule is C#CCCCC(=O)N1CCC(C(=O)N2CC=C3C(C)(C)C(c4ccc(C(=O)O)cc4)=CC[C@]3(C)C2)(c2ccccc2)CC1. The Morgan fingerprint density at radius 3 is 2.23 bits per heavy atom. The topological polar surface area (TPSA) is 77.9 Å². The molecule has 43 heavy (non-hydrogen) atoms. The van der Waals surface area contributed by atoms with Crippen molar-refractivity contribution in [2.75, 3.05) is 26.2 Å². The van der Waals surface area contributed by atoms with Crippen molar-refractivity contribution in [3.05, 3.63) is 89.0 Å². The maximum absolute atomic E-state index is 14.6. The number of piperidine rings is 1. The fraction of sp³-hybridized carbons (Fsp3) is 0.432. The van der Waals surface area contributed by atoms with Crippen LogP contribution in [-0.2, 0) is 15.0 Å². The number of likely N-dealkylation sites (tertiary alicyclic amines) is 1. The smallest absolute Gasteiger partial charge is 0.335 e. The van der Waals surface area contributed by atoms with Crippen LogP contribution in [0.2, 0.25) is 0 Å². The predicted octanol–water partition coefficient (Wildman–Crippen LogP) is 6.34. The Kier molecular flexibility index (Phi) is 8.38. The Morgan fingerprint density at radius 1 is 0.930 bits per heavy atom. The second kappa shape index (κ2) is 11.9. The predicted molar refractivity (Wildman–Crippen MR) is 169 cm³/mol. The van der Waals surface area contributed by atoms with Gasteiger partial charge in [-0.05, 0) is 54.5 Å². The van der Waals surface area contributed by atoms with Gasteiger partial charge in [0.1, 0.15) is 0 Å². The third-order valence-corrected chi connectivity index (χ3v) is 9.96.